The van der Waals surface area contributed by atoms with Crippen LogP contribution in [-0.2, 0) is 0 Å². The first-order chi connectivity index (χ1) is 7.25. The third kappa shape index (κ3) is 2.95. The number of H-pyrrole nitrogens is 1. The average Bonchev–Trinajstić information content (AvgIpc) is 2.50. The van der Waals surface area contributed by atoms with E-state index in [1.165, 1.54) is 25.7 Å². The van der Waals surface area contributed by atoms with E-state index in [1.54, 1.807) is 11.8 Å². The molecule has 2 atom stereocenters. The lowest BCUT2D eigenvalue weighted by molar-refractivity contribution is 0.595. The van der Waals surface area contributed by atoms with E-state index < -0.39 is 0 Å². The van der Waals surface area contributed by atoms with Gasteiger partial charge in [-0.25, -0.2) is 4.98 Å². The molecule has 1 aliphatic rings. The molecule has 4 nitrogen and oxygen atoms in total. The molecule has 1 aliphatic carbocycles. The number of hydrogen-bond donors (Lipinski definition) is 2. The number of nitrogens with two attached hydrogens (primary N) is 1. The summed E-state index contributed by atoms with van der Waals surface area (Å²) in [6.07, 6.45) is 6.21. The van der Waals surface area contributed by atoms with Crippen molar-refractivity contribution in [1.82, 2.24) is 15.2 Å². The summed E-state index contributed by atoms with van der Waals surface area (Å²) in [5.41, 5.74) is 6.15. The lowest BCUT2D eigenvalue weighted by atomic mass is 10.1. The van der Waals surface area contributed by atoms with Crippen LogP contribution in [0.3, 0.4) is 0 Å². The van der Waals surface area contributed by atoms with E-state index in [1.807, 2.05) is 6.92 Å². The van der Waals surface area contributed by atoms with Gasteiger partial charge in [0.15, 0.2) is 0 Å². The topological polar surface area (TPSA) is 67.6 Å². The van der Waals surface area contributed by atoms with E-state index in [9.17, 15) is 0 Å². The van der Waals surface area contributed by atoms with E-state index in [0.717, 1.165) is 17.4 Å². The first-order valence-electron chi connectivity index (χ1n) is 5.57. The smallest absolute Gasteiger partial charge is 0.208 e. The molecular formula is C10H18N4S. The Balaban J connectivity index is 1.97. The molecule has 0 aliphatic heterocycles. The number of nitrogens with zero attached hydrogens (tertiary/aromatic N) is 2. The van der Waals surface area contributed by atoms with E-state index in [-0.39, 0.29) is 0 Å². The second-order valence-corrected chi connectivity index (χ2v) is 5.37. The SMILES string of the molecule is Cc1nc(SC2CCCCCC2N)n[nH]1. The van der Waals surface area contributed by atoms with Crippen molar-refractivity contribution < 1.29 is 0 Å². The van der Waals surface area contributed by atoms with Gasteiger partial charge in [-0.2, -0.15) is 0 Å². The zero-order valence-electron chi connectivity index (χ0n) is 9.07. The highest BCUT2D eigenvalue weighted by Crippen LogP contribution is 2.30. The fourth-order valence-electron chi connectivity index (χ4n) is 1.96. The van der Waals surface area contributed by atoms with Crippen LogP contribution in [0.2, 0.25) is 0 Å². The maximum atomic E-state index is 6.15. The minimum Gasteiger partial charge on any atom is -0.327 e. The first kappa shape index (κ1) is 11.0. The minimum atomic E-state index is 0.302. The fourth-order valence-corrected chi connectivity index (χ4v) is 3.11. The van der Waals surface area contributed by atoms with Crippen molar-refractivity contribution in [1.29, 1.82) is 0 Å². The van der Waals surface area contributed by atoms with Crippen LogP contribution in [0.5, 0.6) is 0 Å². The summed E-state index contributed by atoms with van der Waals surface area (Å²) < 4.78 is 0. The number of thioether (sulfide) groups is 1. The lowest BCUT2D eigenvalue weighted by Crippen LogP contribution is -2.31. The van der Waals surface area contributed by atoms with Crippen LogP contribution >= 0.6 is 11.8 Å². The molecule has 0 saturated heterocycles. The summed E-state index contributed by atoms with van der Waals surface area (Å²) in [7, 11) is 0. The van der Waals surface area contributed by atoms with Crippen molar-refractivity contribution in [2.75, 3.05) is 0 Å². The molecule has 2 rings (SSSR count). The molecule has 0 spiro atoms. The maximum absolute atomic E-state index is 6.15. The van der Waals surface area contributed by atoms with Gasteiger partial charge in [-0.05, 0) is 19.8 Å². The maximum Gasteiger partial charge on any atom is 0.208 e. The fraction of sp³-hybridized carbons (Fsp3) is 0.800. The van der Waals surface area contributed by atoms with Crippen molar-refractivity contribution in [3.8, 4) is 0 Å². The van der Waals surface area contributed by atoms with Crippen LogP contribution in [0.25, 0.3) is 0 Å². The van der Waals surface area contributed by atoms with Crippen LogP contribution in [0.4, 0.5) is 0 Å². The Morgan fingerprint density at radius 3 is 2.87 bits per heavy atom. The van der Waals surface area contributed by atoms with Gasteiger partial charge in [-0.1, -0.05) is 31.0 Å². The molecule has 3 N–H and O–H groups in total. The molecule has 2 unspecified atom stereocenters. The van der Waals surface area contributed by atoms with Crippen molar-refractivity contribution in [3.05, 3.63) is 5.82 Å². The molecule has 0 radical (unpaired) electrons. The van der Waals surface area contributed by atoms with E-state index >= 15 is 0 Å². The molecule has 84 valence electrons. The minimum absolute atomic E-state index is 0.302. The average molecular weight is 226 g/mol. The molecule has 1 heterocycles. The molecule has 0 bridgehead atoms. The summed E-state index contributed by atoms with van der Waals surface area (Å²) in [4.78, 5) is 4.31. The molecular weight excluding hydrogens is 208 g/mol. The van der Waals surface area contributed by atoms with Crippen LogP contribution in [0.15, 0.2) is 5.16 Å². The Morgan fingerprint density at radius 2 is 2.13 bits per heavy atom. The third-order valence-corrected chi connectivity index (χ3v) is 4.12. The Hall–Kier alpha value is -0.550. The Labute approximate surface area is 94.4 Å². The zero-order chi connectivity index (χ0) is 10.7. The summed E-state index contributed by atoms with van der Waals surface area (Å²) in [6.45, 7) is 1.92. The molecule has 1 fully saturated rings. The molecule has 1 aromatic heterocycles. The second-order valence-electron chi connectivity index (χ2n) is 4.16. The third-order valence-electron chi connectivity index (χ3n) is 2.84. The van der Waals surface area contributed by atoms with Gasteiger partial charge in [0.2, 0.25) is 5.16 Å². The van der Waals surface area contributed by atoms with Crippen molar-refractivity contribution in [3.63, 3.8) is 0 Å². The highest BCUT2D eigenvalue weighted by atomic mass is 32.2. The normalized spacial score (nSPS) is 27.6. The molecule has 0 aromatic carbocycles. The van der Waals surface area contributed by atoms with Gasteiger partial charge >= 0.3 is 0 Å². The van der Waals surface area contributed by atoms with Crippen LogP contribution in [0.1, 0.15) is 37.9 Å². The monoisotopic (exact) mass is 226 g/mol. The number of nitrogens with one attached hydrogen (secondary N) is 1. The van der Waals surface area contributed by atoms with Crippen LogP contribution < -0.4 is 5.73 Å². The van der Waals surface area contributed by atoms with Gasteiger partial charge in [0, 0.05) is 11.3 Å². The van der Waals surface area contributed by atoms with Crippen molar-refractivity contribution >= 4 is 11.8 Å². The van der Waals surface area contributed by atoms with Gasteiger partial charge in [-0.15, -0.1) is 5.10 Å². The number of aryl methyl sites for hydroxylation is 1. The number of rotatable bonds is 2. The Bertz CT molecular complexity index is 312. The zero-order valence-corrected chi connectivity index (χ0v) is 9.89. The highest BCUT2D eigenvalue weighted by molar-refractivity contribution is 7.99. The predicted octanol–water partition coefficient (Wildman–Crippen LogP) is 1.87. The van der Waals surface area contributed by atoms with Crippen molar-refractivity contribution in [2.45, 2.75) is 55.5 Å². The quantitative estimate of drug-likeness (QED) is 0.755. The lowest BCUT2D eigenvalue weighted by Gasteiger charge is -2.18. The van der Waals surface area contributed by atoms with Crippen molar-refractivity contribution in [2.24, 2.45) is 5.73 Å². The van der Waals surface area contributed by atoms with Gasteiger partial charge < -0.3 is 5.73 Å². The summed E-state index contributed by atoms with van der Waals surface area (Å²) in [5.74, 6) is 0.875. The molecule has 0 amide bonds. The number of hydrogen-bond acceptors (Lipinski definition) is 4. The number of aromatic amines is 1. The largest absolute Gasteiger partial charge is 0.327 e. The van der Waals surface area contributed by atoms with Gasteiger partial charge in [0.05, 0.1) is 0 Å². The van der Waals surface area contributed by atoms with Gasteiger partial charge in [0.25, 0.3) is 0 Å². The van der Waals surface area contributed by atoms with Crippen LogP contribution in [-0.4, -0.2) is 26.5 Å². The highest BCUT2D eigenvalue weighted by Gasteiger charge is 2.22. The molecule has 5 heteroatoms. The second kappa shape index (κ2) is 4.99. The van der Waals surface area contributed by atoms with E-state index in [2.05, 4.69) is 15.2 Å². The Morgan fingerprint density at radius 1 is 1.33 bits per heavy atom. The number of aromatic nitrogens is 3. The summed E-state index contributed by atoms with van der Waals surface area (Å²) in [5, 5.41) is 8.34. The molecule has 15 heavy (non-hydrogen) atoms. The Kier molecular flexibility index (Phi) is 3.64. The van der Waals surface area contributed by atoms with Crippen LogP contribution in [0, 0.1) is 6.92 Å². The van der Waals surface area contributed by atoms with E-state index in [0.29, 0.717) is 11.3 Å². The van der Waals surface area contributed by atoms with Gasteiger partial charge in [-0.3, -0.25) is 5.10 Å². The summed E-state index contributed by atoms with van der Waals surface area (Å²) in [6, 6.07) is 0.302. The van der Waals surface area contributed by atoms with E-state index in [4.69, 9.17) is 5.73 Å². The standard InChI is InChI=1S/C10H18N4S/c1-7-12-10(14-13-7)15-9-6-4-2-3-5-8(9)11/h8-9H,2-6,11H2,1H3,(H,12,13,14). The van der Waals surface area contributed by atoms with Gasteiger partial charge in [0.1, 0.15) is 5.82 Å². The predicted molar refractivity (Wildman–Crippen MR) is 61.8 cm³/mol. The molecule has 1 aromatic rings. The summed E-state index contributed by atoms with van der Waals surface area (Å²) >= 11 is 1.73. The molecule has 1 saturated carbocycles. The first-order valence-corrected chi connectivity index (χ1v) is 6.45.